The molecule has 1 aliphatic rings. The Balaban J connectivity index is 2.14. The highest BCUT2D eigenvalue weighted by atomic mass is 16.5. The zero-order chi connectivity index (χ0) is 12.5. The van der Waals surface area contributed by atoms with Gasteiger partial charge in [-0.2, -0.15) is 4.98 Å². The minimum atomic E-state index is -0.0745. The molecule has 1 aromatic rings. The summed E-state index contributed by atoms with van der Waals surface area (Å²) in [6, 6.07) is 0.285. The number of aromatic nitrogens is 2. The Morgan fingerprint density at radius 2 is 2.12 bits per heavy atom. The van der Waals surface area contributed by atoms with E-state index in [4.69, 9.17) is 9.26 Å². The molecule has 0 amide bonds. The van der Waals surface area contributed by atoms with Crippen molar-refractivity contribution in [2.24, 2.45) is 0 Å². The van der Waals surface area contributed by atoms with Gasteiger partial charge in [0.15, 0.2) is 5.82 Å². The molecule has 2 atom stereocenters. The van der Waals surface area contributed by atoms with Crippen molar-refractivity contribution in [3.8, 4) is 0 Å². The maximum absolute atomic E-state index is 5.48. The Hall–Kier alpha value is -0.940. The summed E-state index contributed by atoms with van der Waals surface area (Å²) in [5.74, 6) is 1.63. The second-order valence-corrected chi connectivity index (χ2v) is 5.51. The van der Waals surface area contributed by atoms with E-state index in [0.717, 1.165) is 12.4 Å². The molecular formula is C12H21N3O2. The van der Waals surface area contributed by atoms with Crippen molar-refractivity contribution in [1.82, 2.24) is 15.5 Å². The van der Waals surface area contributed by atoms with E-state index >= 15 is 0 Å². The maximum Gasteiger partial charge on any atom is 0.233 e. The first-order chi connectivity index (χ1) is 8.02. The van der Waals surface area contributed by atoms with Gasteiger partial charge in [-0.1, -0.05) is 32.9 Å². The predicted molar refractivity (Wildman–Crippen MR) is 64.0 cm³/mol. The number of rotatable bonds is 3. The van der Waals surface area contributed by atoms with E-state index in [1.807, 2.05) is 0 Å². The molecule has 0 aliphatic carbocycles. The molecule has 2 rings (SSSR count). The Kier molecular flexibility index (Phi) is 3.49. The second kappa shape index (κ2) is 4.74. The van der Waals surface area contributed by atoms with Gasteiger partial charge in [-0.05, 0) is 6.54 Å². The number of hydrogen-bond acceptors (Lipinski definition) is 5. The first-order valence-electron chi connectivity index (χ1n) is 6.17. The van der Waals surface area contributed by atoms with Gasteiger partial charge in [0.25, 0.3) is 0 Å². The first-order valence-corrected chi connectivity index (χ1v) is 6.17. The van der Waals surface area contributed by atoms with Gasteiger partial charge in [-0.25, -0.2) is 0 Å². The van der Waals surface area contributed by atoms with Gasteiger partial charge in [-0.3, -0.25) is 0 Å². The van der Waals surface area contributed by atoms with Crippen LogP contribution >= 0.6 is 0 Å². The molecule has 0 spiro atoms. The molecule has 1 aromatic heterocycles. The first kappa shape index (κ1) is 12.5. The third kappa shape index (κ3) is 2.66. The number of hydrogen-bond donors (Lipinski definition) is 1. The van der Waals surface area contributed by atoms with Crippen LogP contribution < -0.4 is 5.32 Å². The largest absolute Gasteiger partial charge is 0.379 e. The molecule has 0 saturated carbocycles. The molecule has 2 unspecified atom stereocenters. The van der Waals surface area contributed by atoms with Crippen LogP contribution in [0.2, 0.25) is 0 Å². The second-order valence-electron chi connectivity index (χ2n) is 5.51. The van der Waals surface area contributed by atoms with Gasteiger partial charge >= 0.3 is 0 Å². The number of ether oxygens (including phenoxy) is 1. The Morgan fingerprint density at radius 1 is 1.35 bits per heavy atom. The quantitative estimate of drug-likeness (QED) is 0.865. The number of nitrogens with one attached hydrogen (secondary N) is 1. The third-order valence-corrected chi connectivity index (χ3v) is 2.98. The summed E-state index contributed by atoms with van der Waals surface area (Å²) in [6.07, 6.45) is 0. The van der Waals surface area contributed by atoms with Crippen LogP contribution in [0.15, 0.2) is 4.52 Å². The van der Waals surface area contributed by atoms with E-state index in [0.29, 0.717) is 19.1 Å². The van der Waals surface area contributed by atoms with Gasteiger partial charge in [-0.15, -0.1) is 0 Å². The lowest BCUT2D eigenvalue weighted by molar-refractivity contribution is 0.185. The summed E-state index contributed by atoms with van der Waals surface area (Å²) in [5.41, 5.74) is -0.0745. The lowest BCUT2D eigenvalue weighted by atomic mass is 9.96. The van der Waals surface area contributed by atoms with Crippen LogP contribution in [0.4, 0.5) is 0 Å². The average Bonchev–Trinajstić information content (AvgIpc) is 2.82. The number of nitrogens with zero attached hydrogens (tertiary/aromatic N) is 2. The van der Waals surface area contributed by atoms with Gasteiger partial charge < -0.3 is 14.6 Å². The van der Waals surface area contributed by atoms with Crippen molar-refractivity contribution >= 4 is 0 Å². The summed E-state index contributed by atoms with van der Waals surface area (Å²) in [4.78, 5) is 4.50. The van der Waals surface area contributed by atoms with Crippen molar-refractivity contribution < 1.29 is 9.26 Å². The lowest BCUT2D eigenvalue weighted by Gasteiger charge is -2.14. The fourth-order valence-corrected chi connectivity index (χ4v) is 1.95. The molecule has 0 aromatic carbocycles. The van der Waals surface area contributed by atoms with Crippen LogP contribution in [0.3, 0.4) is 0 Å². The van der Waals surface area contributed by atoms with Crippen LogP contribution in [0.1, 0.15) is 45.3 Å². The minimum absolute atomic E-state index is 0.0745. The summed E-state index contributed by atoms with van der Waals surface area (Å²) in [7, 11) is 0. The van der Waals surface area contributed by atoms with E-state index in [1.165, 1.54) is 0 Å². The highest BCUT2D eigenvalue weighted by Crippen LogP contribution is 2.27. The Labute approximate surface area is 102 Å². The maximum atomic E-state index is 5.48. The van der Waals surface area contributed by atoms with Gasteiger partial charge in [0, 0.05) is 11.5 Å². The molecule has 1 saturated heterocycles. The minimum Gasteiger partial charge on any atom is -0.379 e. The lowest BCUT2D eigenvalue weighted by Crippen LogP contribution is -2.34. The molecule has 1 aliphatic heterocycles. The summed E-state index contributed by atoms with van der Waals surface area (Å²) in [6.45, 7) is 10.6. The third-order valence-electron chi connectivity index (χ3n) is 2.98. The molecular weight excluding hydrogens is 218 g/mol. The van der Waals surface area contributed by atoms with Crippen LogP contribution in [0.5, 0.6) is 0 Å². The highest BCUT2D eigenvalue weighted by molar-refractivity contribution is 5.06. The molecule has 17 heavy (non-hydrogen) atoms. The van der Waals surface area contributed by atoms with Crippen LogP contribution in [0.25, 0.3) is 0 Å². The van der Waals surface area contributed by atoms with Crippen molar-refractivity contribution in [1.29, 1.82) is 0 Å². The van der Waals surface area contributed by atoms with Gasteiger partial charge in [0.1, 0.15) is 0 Å². The summed E-state index contributed by atoms with van der Waals surface area (Å²) < 4.78 is 10.9. The predicted octanol–water partition coefficient (Wildman–Crippen LogP) is 1.46. The monoisotopic (exact) mass is 239 g/mol. The molecule has 96 valence electrons. The molecule has 0 radical (unpaired) electrons. The van der Waals surface area contributed by atoms with E-state index in [1.54, 1.807) is 0 Å². The van der Waals surface area contributed by atoms with Crippen molar-refractivity contribution in [3.05, 3.63) is 11.7 Å². The SMILES string of the molecule is CCNC1COCC1c1nc(C(C)(C)C)no1. The molecule has 1 N–H and O–H groups in total. The zero-order valence-electron chi connectivity index (χ0n) is 11.0. The average molecular weight is 239 g/mol. The van der Waals surface area contributed by atoms with Crippen LogP contribution in [-0.4, -0.2) is 35.9 Å². The van der Waals surface area contributed by atoms with E-state index in [-0.39, 0.29) is 17.4 Å². The Bertz CT molecular complexity index is 370. The normalized spacial score (nSPS) is 25.4. The summed E-state index contributed by atoms with van der Waals surface area (Å²) >= 11 is 0. The van der Waals surface area contributed by atoms with Crippen LogP contribution in [-0.2, 0) is 10.2 Å². The fraction of sp³-hybridized carbons (Fsp3) is 0.833. The van der Waals surface area contributed by atoms with Crippen molar-refractivity contribution in [2.45, 2.75) is 45.1 Å². The van der Waals surface area contributed by atoms with Crippen molar-refractivity contribution in [2.75, 3.05) is 19.8 Å². The molecule has 5 heteroatoms. The smallest absolute Gasteiger partial charge is 0.233 e. The summed E-state index contributed by atoms with van der Waals surface area (Å²) in [5, 5.41) is 7.45. The highest BCUT2D eigenvalue weighted by Gasteiger charge is 2.34. The molecule has 5 nitrogen and oxygen atoms in total. The fourth-order valence-electron chi connectivity index (χ4n) is 1.95. The number of likely N-dealkylation sites (N-methyl/N-ethyl adjacent to an activating group) is 1. The van der Waals surface area contributed by atoms with Gasteiger partial charge in [0.05, 0.1) is 19.1 Å². The standard InChI is InChI=1S/C12H21N3O2/c1-5-13-9-7-16-6-8(9)10-14-11(15-17-10)12(2,3)4/h8-9,13H,5-7H2,1-4H3. The van der Waals surface area contributed by atoms with E-state index in [2.05, 4.69) is 43.2 Å². The molecule has 1 fully saturated rings. The van der Waals surface area contributed by atoms with Crippen LogP contribution in [0, 0.1) is 0 Å². The van der Waals surface area contributed by atoms with E-state index < -0.39 is 0 Å². The van der Waals surface area contributed by atoms with Crippen molar-refractivity contribution in [3.63, 3.8) is 0 Å². The Morgan fingerprint density at radius 3 is 2.71 bits per heavy atom. The molecule has 2 heterocycles. The van der Waals surface area contributed by atoms with Gasteiger partial charge in [0.2, 0.25) is 5.89 Å². The molecule has 0 bridgehead atoms. The van der Waals surface area contributed by atoms with E-state index in [9.17, 15) is 0 Å². The topological polar surface area (TPSA) is 60.2 Å². The zero-order valence-corrected chi connectivity index (χ0v) is 11.0.